The van der Waals surface area contributed by atoms with E-state index in [1.165, 1.54) is 22.0 Å². The van der Waals surface area contributed by atoms with Crippen molar-refractivity contribution in [2.45, 2.75) is 23.8 Å². The summed E-state index contributed by atoms with van der Waals surface area (Å²) in [5.74, 6) is -0.0596. The third kappa shape index (κ3) is 5.75. The first-order valence-electron chi connectivity index (χ1n) is 11.0. The van der Waals surface area contributed by atoms with Gasteiger partial charge in [-0.25, -0.2) is 8.42 Å². The molecule has 1 aliphatic heterocycles. The number of nitrogens with one attached hydrogen (secondary N) is 1. The van der Waals surface area contributed by atoms with Crippen molar-refractivity contribution >= 4 is 21.5 Å². The number of rotatable bonds is 10. The smallest absolute Gasteiger partial charge is 0.243 e. The lowest BCUT2D eigenvalue weighted by molar-refractivity contribution is 0.0988. The van der Waals surface area contributed by atoms with Crippen LogP contribution in [0.15, 0.2) is 53.4 Å². The van der Waals surface area contributed by atoms with Gasteiger partial charge < -0.3 is 15.1 Å². The van der Waals surface area contributed by atoms with Gasteiger partial charge in [-0.2, -0.15) is 4.31 Å². The van der Waals surface area contributed by atoms with E-state index in [1.54, 1.807) is 12.1 Å². The summed E-state index contributed by atoms with van der Waals surface area (Å²) in [6.07, 6.45) is 1.80. The van der Waals surface area contributed by atoms with Crippen molar-refractivity contribution in [1.29, 1.82) is 0 Å². The van der Waals surface area contributed by atoms with Crippen LogP contribution in [0.2, 0.25) is 0 Å². The third-order valence-corrected chi connectivity index (χ3v) is 7.83. The number of carbonyl (C=O) groups excluding carboxylic acids is 1. The van der Waals surface area contributed by atoms with E-state index in [-0.39, 0.29) is 23.3 Å². The second-order valence-electron chi connectivity index (χ2n) is 8.66. The average Bonchev–Trinajstić information content (AvgIpc) is 3.32. The van der Waals surface area contributed by atoms with Crippen LogP contribution in [-0.4, -0.2) is 77.8 Å². The number of sulfonamides is 1. The molecular formula is C24H34N4O3S. The topological polar surface area (TPSA) is 73.0 Å². The SMILES string of the molecule is CN(C)c1ccc(C(CNCC(=O)c2ccc(S(=O)(=O)N3CCCC3)cc2)N(C)C)cc1. The van der Waals surface area contributed by atoms with Crippen molar-refractivity contribution in [3.8, 4) is 0 Å². The standard InChI is InChI=1S/C24H34N4O3S/c1-26(2)21-11-7-19(8-12-21)23(27(3)4)17-25-18-24(29)20-9-13-22(14-10-20)32(30,31)28-15-5-6-16-28/h7-14,23,25H,5-6,15-18H2,1-4H3. The molecule has 1 fully saturated rings. The summed E-state index contributed by atoms with van der Waals surface area (Å²) in [6.45, 7) is 1.95. The first-order chi connectivity index (χ1) is 15.2. The summed E-state index contributed by atoms with van der Waals surface area (Å²) in [7, 11) is 4.61. The average molecular weight is 459 g/mol. The number of ketones is 1. The third-order valence-electron chi connectivity index (χ3n) is 5.92. The molecule has 7 nitrogen and oxygen atoms in total. The molecule has 1 N–H and O–H groups in total. The molecule has 1 aliphatic rings. The fourth-order valence-corrected chi connectivity index (χ4v) is 5.43. The molecule has 0 radical (unpaired) electrons. The lowest BCUT2D eigenvalue weighted by Crippen LogP contribution is -2.34. The van der Waals surface area contributed by atoms with Gasteiger partial charge in [0.15, 0.2) is 5.78 Å². The van der Waals surface area contributed by atoms with Gasteiger partial charge in [-0.3, -0.25) is 4.79 Å². The monoisotopic (exact) mass is 458 g/mol. The van der Waals surface area contributed by atoms with Gasteiger partial charge in [-0.1, -0.05) is 24.3 Å². The van der Waals surface area contributed by atoms with Gasteiger partial charge in [-0.15, -0.1) is 0 Å². The number of Topliss-reactive ketones (excluding diaryl/α,β-unsaturated/α-hetero) is 1. The van der Waals surface area contributed by atoms with E-state index >= 15 is 0 Å². The van der Waals surface area contributed by atoms with Crippen molar-refractivity contribution < 1.29 is 13.2 Å². The van der Waals surface area contributed by atoms with Crippen molar-refractivity contribution in [1.82, 2.24) is 14.5 Å². The summed E-state index contributed by atoms with van der Waals surface area (Å²) < 4.78 is 26.8. The lowest BCUT2D eigenvalue weighted by Gasteiger charge is -2.26. The number of hydrogen-bond donors (Lipinski definition) is 1. The minimum absolute atomic E-state index is 0.0596. The number of hydrogen-bond acceptors (Lipinski definition) is 6. The molecule has 1 atom stereocenters. The first kappa shape index (κ1) is 24.4. The summed E-state index contributed by atoms with van der Waals surface area (Å²) in [5, 5.41) is 3.26. The van der Waals surface area contributed by atoms with Crippen LogP contribution in [0.4, 0.5) is 5.69 Å². The zero-order valence-electron chi connectivity index (χ0n) is 19.4. The Morgan fingerprint density at radius 3 is 2.09 bits per heavy atom. The molecule has 1 heterocycles. The molecule has 174 valence electrons. The van der Waals surface area contributed by atoms with Gasteiger partial charge in [-0.05, 0) is 56.8 Å². The van der Waals surface area contributed by atoms with E-state index in [0.29, 0.717) is 25.2 Å². The molecule has 3 rings (SSSR count). The predicted molar refractivity (Wildman–Crippen MR) is 129 cm³/mol. The van der Waals surface area contributed by atoms with Crippen molar-refractivity contribution in [2.75, 3.05) is 59.3 Å². The molecule has 0 saturated carbocycles. The number of anilines is 1. The van der Waals surface area contributed by atoms with Gasteiger partial charge in [0.25, 0.3) is 0 Å². The van der Waals surface area contributed by atoms with Gasteiger partial charge >= 0.3 is 0 Å². The quantitative estimate of drug-likeness (QED) is 0.552. The van der Waals surface area contributed by atoms with Crippen LogP contribution in [0, 0.1) is 0 Å². The normalized spacial score (nSPS) is 15.8. The Morgan fingerprint density at radius 1 is 0.969 bits per heavy atom. The van der Waals surface area contributed by atoms with Crippen LogP contribution in [-0.2, 0) is 10.0 Å². The van der Waals surface area contributed by atoms with Gasteiger partial charge in [0.05, 0.1) is 11.4 Å². The Kier molecular flexibility index (Phi) is 8.05. The first-order valence-corrected chi connectivity index (χ1v) is 12.4. The Bertz CT molecular complexity index is 997. The number of carbonyl (C=O) groups is 1. The lowest BCUT2D eigenvalue weighted by atomic mass is 10.0. The molecule has 0 spiro atoms. The Balaban J connectivity index is 1.58. The summed E-state index contributed by atoms with van der Waals surface area (Å²) >= 11 is 0. The maximum atomic E-state index is 12.6. The number of likely N-dealkylation sites (N-methyl/N-ethyl adjacent to an activating group) is 1. The Morgan fingerprint density at radius 2 is 1.56 bits per heavy atom. The van der Waals surface area contributed by atoms with Crippen molar-refractivity contribution in [2.24, 2.45) is 0 Å². The summed E-state index contributed by atoms with van der Waals surface area (Å²) in [6, 6.07) is 14.8. The highest BCUT2D eigenvalue weighted by Gasteiger charge is 2.27. The second-order valence-corrected chi connectivity index (χ2v) is 10.6. The van der Waals surface area contributed by atoms with E-state index in [9.17, 15) is 13.2 Å². The fraction of sp³-hybridized carbons (Fsp3) is 0.458. The van der Waals surface area contributed by atoms with Gasteiger partial charge in [0.1, 0.15) is 0 Å². The van der Waals surface area contributed by atoms with E-state index in [0.717, 1.165) is 18.5 Å². The molecule has 2 aromatic rings. The number of nitrogens with zero attached hydrogens (tertiary/aromatic N) is 3. The summed E-state index contributed by atoms with van der Waals surface area (Å²) in [4.78, 5) is 17.1. The molecule has 0 aliphatic carbocycles. The molecule has 1 unspecified atom stereocenters. The maximum absolute atomic E-state index is 12.6. The molecule has 2 aromatic carbocycles. The minimum atomic E-state index is -3.46. The van der Waals surface area contributed by atoms with Crippen LogP contribution in [0.1, 0.15) is 34.8 Å². The van der Waals surface area contributed by atoms with Crippen LogP contribution in [0.5, 0.6) is 0 Å². The Labute approximate surface area is 192 Å². The molecule has 1 saturated heterocycles. The minimum Gasteiger partial charge on any atom is -0.378 e. The zero-order valence-corrected chi connectivity index (χ0v) is 20.2. The highest BCUT2D eigenvalue weighted by Crippen LogP contribution is 2.22. The fourth-order valence-electron chi connectivity index (χ4n) is 3.91. The van der Waals surface area contributed by atoms with Crippen LogP contribution in [0.25, 0.3) is 0 Å². The van der Waals surface area contributed by atoms with Gasteiger partial charge in [0.2, 0.25) is 10.0 Å². The van der Waals surface area contributed by atoms with E-state index in [1.807, 2.05) is 28.2 Å². The van der Waals surface area contributed by atoms with E-state index < -0.39 is 10.0 Å². The predicted octanol–water partition coefficient (Wildman–Crippen LogP) is 2.61. The summed E-state index contributed by atoms with van der Waals surface area (Å²) in [5.41, 5.74) is 2.83. The molecule has 0 aromatic heterocycles. The van der Waals surface area contributed by atoms with Crippen molar-refractivity contribution in [3.05, 3.63) is 59.7 Å². The second kappa shape index (κ2) is 10.6. The van der Waals surface area contributed by atoms with Gasteiger partial charge in [0, 0.05) is 51.0 Å². The molecule has 8 heteroatoms. The highest BCUT2D eigenvalue weighted by atomic mass is 32.2. The zero-order chi connectivity index (χ0) is 23.3. The maximum Gasteiger partial charge on any atom is 0.243 e. The van der Waals surface area contributed by atoms with Crippen LogP contribution in [0.3, 0.4) is 0 Å². The molecule has 0 bridgehead atoms. The molecule has 0 amide bonds. The molecular weight excluding hydrogens is 424 g/mol. The Hall–Kier alpha value is -2.26. The van der Waals surface area contributed by atoms with Crippen molar-refractivity contribution in [3.63, 3.8) is 0 Å². The van der Waals surface area contributed by atoms with Crippen LogP contribution >= 0.6 is 0 Å². The van der Waals surface area contributed by atoms with Crippen LogP contribution < -0.4 is 10.2 Å². The highest BCUT2D eigenvalue weighted by molar-refractivity contribution is 7.89. The number of benzene rings is 2. The largest absolute Gasteiger partial charge is 0.378 e. The van der Waals surface area contributed by atoms with E-state index in [4.69, 9.17) is 0 Å². The van der Waals surface area contributed by atoms with E-state index in [2.05, 4.69) is 39.4 Å². The molecule has 32 heavy (non-hydrogen) atoms.